The summed E-state index contributed by atoms with van der Waals surface area (Å²) in [7, 11) is 0. The number of rotatable bonds is 2. The number of piperidine rings is 1. The molecule has 2 nitrogen and oxygen atoms in total. The summed E-state index contributed by atoms with van der Waals surface area (Å²) >= 11 is 1.84. The third-order valence-corrected chi connectivity index (χ3v) is 4.75. The summed E-state index contributed by atoms with van der Waals surface area (Å²) < 4.78 is 0. The lowest BCUT2D eigenvalue weighted by atomic mass is 9.98. The molecule has 2 saturated heterocycles. The van der Waals surface area contributed by atoms with Crippen LogP contribution in [0.1, 0.15) is 5.56 Å². The Kier molecular flexibility index (Phi) is 2.74. The number of carbonyl (C=O) groups is 1. The second-order valence-corrected chi connectivity index (χ2v) is 5.84. The molecular weight excluding hydrogens is 218 g/mol. The first-order valence-electron chi connectivity index (χ1n) is 5.74. The zero-order valence-corrected chi connectivity index (χ0v) is 9.95. The van der Waals surface area contributed by atoms with Gasteiger partial charge in [0, 0.05) is 31.3 Å². The van der Waals surface area contributed by atoms with Crippen molar-refractivity contribution in [2.24, 2.45) is 5.92 Å². The number of thioether (sulfide) groups is 1. The third-order valence-electron chi connectivity index (χ3n) is 3.37. The van der Waals surface area contributed by atoms with Crippen LogP contribution in [0.4, 0.5) is 0 Å². The number of likely N-dealkylation sites (tertiary alicyclic amines) is 1. The van der Waals surface area contributed by atoms with Gasteiger partial charge in [0.15, 0.2) is 5.78 Å². The molecule has 1 aromatic rings. The predicted molar refractivity (Wildman–Crippen MR) is 66.5 cm³/mol. The molecule has 0 amide bonds. The Morgan fingerprint density at radius 3 is 2.81 bits per heavy atom. The van der Waals surface area contributed by atoms with E-state index in [1.807, 2.05) is 17.8 Å². The van der Waals surface area contributed by atoms with E-state index in [2.05, 4.69) is 29.2 Å². The van der Waals surface area contributed by atoms with Gasteiger partial charge in [-0.1, -0.05) is 30.3 Å². The predicted octanol–water partition coefficient (Wildman–Crippen LogP) is 1.80. The van der Waals surface area contributed by atoms with Crippen molar-refractivity contribution in [2.75, 3.05) is 18.8 Å². The molecule has 2 atom stereocenters. The van der Waals surface area contributed by atoms with Gasteiger partial charge in [-0.25, -0.2) is 0 Å². The Morgan fingerprint density at radius 2 is 2.06 bits per heavy atom. The lowest BCUT2D eigenvalue weighted by Crippen LogP contribution is -2.44. The van der Waals surface area contributed by atoms with Crippen molar-refractivity contribution in [1.82, 2.24) is 4.90 Å². The standard InChI is InChI=1S/C13H15NOS/c15-13-11-7-14(8-12(13)16-9-11)6-10-4-2-1-3-5-10/h1-5,11-12H,6-9H2/t11-,12-/m0/s1. The average molecular weight is 233 g/mol. The average Bonchev–Trinajstić information content (AvgIpc) is 2.54. The molecule has 1 aromatic carbocycles. The number of hydrogen-bond acceptors (Lipinski definition) is 3. The molecule has 0 aliphatic carbocycles. The quantitative estimate of drug-likeness (QED) is 0.777. The monoisotopic (exact) mass is 233 g/mol. The maximum absolute atomic E-state index is 11.7. The number of benzene rings is 1. The molecular formula is C13H15NOS. The highest BCUT2D eigenvalue weighted by atomic mass is 32.2. The Labute approximate surface area is 100 Å². The van der Waals surface area contributed by atoms with E-state index in [1.54, 1.807) is 0 Å². The molecule has 16 heavy (non-hydrogen) atoms. The molecule has 0 unspecified atom stereocenters. The topological polar surface area (TPSA) is 20.3 Å². The van der Waals surface area contributed by atoms with Gasteiger partial charge >= 0.3 is 0 Å². The first kappa shape index (κ1) is 10.4. The van der Waals surface area contributed by atoms with Crippen molar-refractivity contribution in [3.8, 4) is 0 Å². The minimum atomic E-state index is 0.252. The summed E-state index contributed by atoms with van der Waals surface area (Å²) in [5.74, 6) is 1.83. The maximum Gasteiger partial charge on any atom is 0.152 e. The summed E-state index contributed by atoms with van der Waals surface area (Å²) in [6.07, 6.45) is 0. The van der Waals surface area contributed by atoms with Crippen molar-refractivity contribution < 1.29 is 4.79 Å². The van der Waals surface area contributed by atoms with E-state index in [0.29, 0.717) is 11.7 Å². The highest BCUT2D eigenvalue weighted by Crippen LogP contribution is 2.33. The van der Waals surface area contributed by atoms with E-state index >= 15 is 0 Å². The van der Waals surface area contributed by atoms with E-state index < -0.39 is 0 Å². The molecule has 0 saturated carbocycles. The van der Waals surface area contributed by atoms with Crippen LogP contribution >= 0.6 is 11.8 Å². The van der Waals surface area contributed by atoms with Gasteiger partial charge in [-0.15, -0.1) is 11.8 Å². The fourth-order valence-electron chi connectivity index (χ4n) is 2.54. The summed E-state index contributed by atoms with van der Waals surface area (Å²) in [5, 5.41) is 0.252. The lowest BCUT2D eigenvalue weighted by Gasteiger charge is -2.30. The molecule has 0 N–H and O–H groups in total. The number of fused-ring (bicyclic) bond motifs is 2. The largest absolute Gasteiger partial charge is 0.298 e. The summed E-state index contributed by atoms with van der Waals surface area (Å²) in [4.78, 5) is 14.2. The van der Waals surface area contributed by atoms with Crippen LogP contribution in [0.3, 0.4) is 0 Å². The van der Waals surface area contributed by atoms with Gasteiger partial charge in [-0.2, -0.15) is 0 Å². The molecule has 3 rings (SSSR count). The fraction of sp³-hybridized carbons (Fsp3) is 0.462. The molecule has 2 bridgehead atoms. The van der Waals surface area contributed by atoms with Crippen LogP contribution in [0, 0.1) is 5.92 Å². The number of ketones is 1. The van der Waals surface area contributed by atoms with Crippen molar-refractivity contribution >= 4 is 17.5 Å². The highest BCUT2D eigenvalue weighted by Gasteiger charge is 2.40. The lowest BCUT2D eigenvalue weighted by molar-refractivity contribution is -0.124. The van der Waals surface area contributed by atoms with Gasteiger partial charge in [0.1, 0.15) is 0 Å². The van der Waals surface area contributed by atoms with Crippen LogP contribution in [-0.4, -0.2) is 34.8 Å². The van der Waals surface area contributed by atoms with E-state index in [0.717, 1.165) is 25.4 Å². The van der Waals surface area contributed by atoms with E-state index in [4.69, 9.17) is 0 Å². The first-order valence-corrected chi connectivity index (χ1v) is 6.79. The van der Waals surface area contributed by atoms with Gasteiger partial charge in [-0.05, 0) is 5.56 Å². The number of hydrogen-bond donors (Lipinski definition) is 0. The van der Waals surface area contributed by atoms with Gasteiger partial charge in [0.05, 0.1) is 5.25 Å². The van der Waals surface area contributed by atoms with Crippen LogP contribution in [-0.2, 0) is 11.3 Å². The molecule has 2 aliphatic heterocycles. The van der Waals surface area contributed by atoms with Gasteiger partial charge < -0.3 is 0 Å². The van der Waals surface area contributed by atoms with Crippen molar-refractivity contribution in [3.63, 3.8) is 0 Å². The smallest absolute Gasteiger partial charge is 0.152 e. The van der Waals surface area contributed by atoms with Crippen molar-refractivity contribution in [1.29, 1.82) is 0 Å². The Hall–Kier alpha value is -0.800. The number of Topliss-reactive ketones (excluding diaryl/α,β-unsaturated/α-hetero) is 1. The van der Waals surface area contributed by atoms with E-state index in [9.17, 15) is 4.79 Å². The Balaban J connectivity index is 1.68. The fourth-order valence-corrected chi connectivity index (χ4v) is 3.94. The number of nitrogens with zero attached hydrogens (tertiary/aromatic N) is 1. The normalized spacial score (nSPS) is 29.6. The van der Waals surface area contributed by atoms with Crippen LogP contribution in [0.2, 0.25) is 0 Å². The maximum atomic E-state index is 11.7. The SMILES string of the molecule is O=C1[C@@H]2CS[C@H]1CN(Cc1ccccc1)C2. The molecule has 2 heterocycles. The van der Waals surface area contributed by atoms with E-state index in [-0.39, 0.29) is 5.25 Å². The molecule has 0 spiro atoms. The van der Waals surface area contributed by atoms with E-state index in [1.165, 1.54) is 5.56 Å². The molecule has 2 aliphatic rings. The molecule has 2 fully saturated rings. The van der Waals surface area contributed by atoms with Crippen molar-refractivity contribution in [3.05, 3.63) is 35.9 Å². The number of carbonyl (C=O) groups excluding carboxylic acids is 1. The van der Waals surface area contributed by atoms with Crippen molar-refractivity contribution in [2.45, 2.75) is 11.8 Å². The summed E-state index contributed by atoms with van der Waals surface area (Å²) in [6.45, 7) is 2.88. The molecule has 84 valence electrons. The summed E-state index contributed by atoms with van der Waals surface area (Å²) in [6, 6.07) is 10.5. The molecule has 0 aromatic heterocycles. The second kappa shape index (κ2) is 4.22. The Morgan fingerprint density at radius 1 is 1.25 bits per heavy atom. The van der Waals surface area contributed by atoms with Crippen LogP contribution in [0.25, 0.3) is 0 Å². The minimum absolute atomic E-state index is 0.252. The van der Waals surface area contributed by atoms with Gasteiger partial charge in [0.25, 0.3) is 0 Å². The highest BCUT2D eigenvalue weighted by molar-refractivity contribution is 8.01. The first-order chi connectivity index (χ1) is 7.83. The zero-order chi connectivity index (χ0) is 11.0. The second-order valence-electron chi connectivity index (χ2n) is 4.60. The molecule has 3 heteroatoms. The Bertz CT molecular complexity index is 376. The zero-order valence-electron chi connectivity index (χ0n) is 9.13. The van der Waals surface area contributed by atoms with Crippen LogP contribution in [0.5, 0.6) is 0 Å². The molecule has 0 radical (unpaired) electrons. The minimum Gasteiger partial charge on any atom is -0.298 e. The third kappa shape index (κ3) is 1.89. The summed E-state index contributed by atoms with van der Waals surface area (Å²) in [5.41, 5.74) is 1.35. The van der Waals surface area contributed by atoms with Gasteiger partial charge in [0.2, 0.25) is 0 Å². The van der Waals surface area contributed by atoms with Gasteiger partial charge in [-0.3, -0.25) is 9.69 Å². The van der Waals surface area contributed by atoms with Crippen LogP contribution < -0.4 is 0 Å². The van der Waals surface area contributed by atoms with Crippen LogP contribution in [0.15, 0.2) is 30.3 Å².